The van der Waals surface area contributed by atoms with Gasteiger partial charge in [-0.1, -0.05) is 35.6 Å². The van der Waals surface area contributed by atoms with E-state index in [-0.39, 0.29) is 0 Å². The third-order valence-electron chi connectivity index (χ3n) is 5.04. The SMILES string of the molecule is CS(=O)NC1CCN(CCc2ccc(Oc3nc4ccccc4s3)cc2)CC1. The van der Waals surface area contributed by atoms with Gasteiger partial charge in [0, 0.05) is 18.8 Å². The van der Waals surface area contributed by atoms with Gasteiger partial charge in [-0.2, -0.15) is 0 Å². The second-order valence-electron chi connectivity index (χ2n) is 7.13. The third kappa shape index (κ3) is 5.17. The first-order chi connectivity index (χ1) is 13.7. The van der Waals surface area contributed by atoms with Gasteiger partial charge in [0.1, 0.15) is 5.75 Å². The molecule has 0 bridgehead atoms. The lowest BCUT2D eigenvalue weighted by molar-refractivity contribution is 0.210. The molecule has 7 heteroatoms. The Morgan fingerprint density at radius 2 is 1.93 bits per heavy atom. The minimum Gasteiger partial charge on any atom is -0.431 e. The highest BCUT2D eigenvalue weighted by molar-refractivity contribution is 7.82. The number of hydrogen-bond donors (Lipinski definition) is 1. The maximum absolute atomic E-state index is 11.3. The van der Waals surface area contributed by atoms with Crippen molar-refractivity contribution in [3.05, 3.63) is 54.1 Å². The second-order valence-corrected chi connectivity index (χ2v) is 9.27. The molecule has 2 heterocycles. The van der Waals surface area contributed by atoms with Crippen molar-refractivity contribution in [2.75, 3.05) is 25.9 Å². The van der Waals surface area contributed by atoms with Crippen LogP contribution in [0.4, 0.5) is 0 Å². The van der Waals surface area contributed by atoms with Gasteiger partial charge in [-0.25, -0.2) is 13.9 Å². The van der Waals surface area contributed by atoms with Crippen LogP contribution in [0.2, 0.25) is 0 Å². The van der Waals surface area contributed by atoms with Crippen molar-refractivity contribution >= 4 is 32.5 Å². The number of aromatic nitrogens is 1. The Labute approximate surface area is 172 Å². The second kappa shape index (κ2) is 9.13. The van der Waals surface area contributed by atoms with Crippen LogP contribution in [0.25, 0.3) is 10.2 Å². The number of piperidine rings is 1. The molecule has 0 saturated carbocycles. The van der Waals surface area contributed by atoms with Gasteiger partial charge in [-0.05, 0) is 62.2 Å². The zero-order valence-corrected chi connectivity index (χ0v) is 17.6. The Kier molecular flexibility index (Phi) is 6.36. The van der Waals surface area contributed by atoms with Crippen LogP contribution in [0.1, 0.15) is 18.4 Å². The summed E-state index contributed by atoms with van der Waals surface area (Å²) in [5, 5.41) is 0.679. The Bertz CT molecular complexity index is 901. The summed E-state index contributed by atoms with van der Waals surface area (Å²) in [6.07, 6.45) is 4.86. The van der Waals surface area contributed by atoms with E-state index in [1.165, 1.54) is 5.56 Å². The molecule has 1 saturated heterocycles. The van der Waals surface area contributed by atoms with Crippen molar-refractivity contribution in [3.8, 4) is 10.9 Å². The highest BCUT2D eigenvalue weighted by Crippen LogP contribution is 2.31. The van der Waals surface area contributed by atoms with E-state index in [4.69, 9.17) is 4.74 Å². The molecule has 3 aromatic rings. The van der Waals surface area contributed by atoms with E-state index in [1.54, 1.807) is 17.6 Å². The lowest BCUT2D eigenvalue weighted by atomic mass is 10.1. The third-order valence-corrected chi connectivity index (χ3v) is 6.62. The molecule has 0 amide bonds. The van der Waals surface area contributed by atoms with E-state index >= 15 is 0 Å². The summed E-state index contributed by atoms with van der Waals surface area (Å²) in [5.74, 6) is 0.822. The summed E-state index contributed by atoms with van der Waals surface area (Å²) in [5.41, 5.74) is 2.29. The molecule has 0 spiro atoms. The molecule has 1 N–H and O–H groups in total. The Morgan fingerprint density at radius 3 is 2.64 bits per heavy atom. The van der Waals surface area contributed by atoms with Gasteiger partial charge in [-0.15, -0.1) is 0 Å². The van der Waals surface area contributed by atoms with Gasteiger partial charge in [0.25, 0.3) is 5.19 Å². The van der Waals surface area contributed by atoms with Crippen LogP contribution in [0.15, 0.2) is 48.5 Å². The number of thiazole rings is 1. The van der Waals surface area contributed by atoms with Crippen molar-refractivity contribution in [3.63, 3.8) is 0 Å². The first-order valence-corrected chi connectivity index (χ1v) is 12.0. The standard InChI is InChI=1S/C21H25N3O2S2/c1-28(25)23-17-11-14-24(15-12-17)13-10-16-6-8-18(9-7-16)26-21-22-19-4-2-3-5-20(19)27-21/h2-9,17,23H,10-15H2,1H3. The van der Waals surface area contributed by atoms with Gasteiger partial charge < -0.3 is 9.64 Å². The monoisotopic (exact) mass is 415 g/mol. The first kappa shape index (κ1) is 19.5. The molecule has 1 aliphatic rings. The van der Waals surface area contributed by atoms with Crippen LogP contribution in [-0.4, -0.2) is 46.0 Å². The summed E-state index contributed by atoms with van der Waals surface area (Å²) in [6.45, 7) is 3.18. The molecule has 148 valence electrons. The molecule has 1 fully saturated rings. The summed E-state index contributed by atoms with van der Waals surface area (Å²) in [7, 11) is -0.914. The number of nitrogens with one attached hydrogen (secondary N) is 1. The predicted octanol–water partition coefficient (Wildman–Crippen LogP) is 3.98. The van der Waals surface area contributed by atoms with Gasteiger partial charge in [0.2, 0.25) is 0 Å². The lowest BCUT2D eigenvalue weighted by Crippen LogP contribution is -2.43. The van der Waals surface area contributed by atoms with E-state index in [9.17, 15) is 4.21 Å². The average molecular weight is 416 g/mol. The molecule has 1 unspecified atom stereocenters. The normalized spacial score (nSPS) is 17.0. The van der Waals surface area contributed by atoms with Crippen molar-refractivity contribution in [2.45, 2.75) is 25.3 Å². The molecular weight excluding hydrogens is 390 g/mol. The largest absolute Gasteiger partial charge is 0.431 e. The summed E-state index contributed by atoms with van der Waals surface area (Å²) in [4.78, 5) is 7.01. The fourth-order valence-corrected chi connectivity index (χ4v) is 5.06. The van der Waals surface area contributed by atoms with Crippen molar-refractivity contribution in [1.82, 2.24) is 14.6 Å². The van der Waals surface area contributed by atoms with Gasteiger partial charge >= 0.3 is 0 Å². The number of likely N-dealkylation sites (tertiary alicyclic amines) is 1. The fraction of sp³-hybridized carbons (Fsp3) is 0.381. The molecule has 1 atom stereocenters. The first-order valence-electron chi connectivity index (χ1n) is 9.60. The molecule has 28 heavy (non-hydrogen) atoms. The molecule has 4 rings (SSSR count). The lowest BCUT2D eigenvalue weighted by Gasteiger charge is -2.31. The highest BCUT2D eigenvalue weighted by Gasteiger charge is 2.19. The van der Waals surface area contributed by atoms with Crippen LogP contribution >= 0.6 is 11.3 Å². The van der Waals surface area contributed by atoms with E-state index in [2.05, 4.69) is 32.8 Å². The Balaban J connectivity index is 1.26. The molecule has 0 radical (unpaired) electrons. The van der Waals surface area contributed by atoms with Crippen molar-refractivity contribution in [2.24, 2.45) is 0 Å². The van der Waals surface area contributed by atoms with E-state index in [0.717, 1.165) is 54.9 Å². The zero-order chi connectivity index (χ0) is 19.3. The molecule has 5 nitrogen and oxygen atoms in total. The summed E-state index contributed by atoms with van der Waals surface area (Å²) in [6, 6.07) is 16.8. The van der Waals surface area contributed by atoms with E-state index in [0.29, 0.717) is 11.2 Å². The summed E-state index contributed by atoms with van der Waals surface area (Å²) >= 11 is 1.56. The quantitative estimate of drug-likeness (QED) is 0.634. The number of ether oxygens (including phenoxy) is 1. The predicted molar refractivity (Wildman–Crippen MR) is 117 cm³/mol. The van der Waals surface area contributed by atoms with Gasteiger partial charge in [0.05, 0.1) is 21.2 Å². The molecular formula is C21H25N3O2S2. The van der Waals surface area contributed by atoms with Crippen LogP contribution in [0.5, 0.6) is 10.9 Å². The molecule has 1 aromatic heterocycles. The fourth-order valence-electron chi connectivity index (χ4n) is 3.52. The maximum atomic E-state index is 11.3. The van der Waals surface area contributed by atoms with Gasteiger partial charge in [0.15, 0.2) is 0 Å². The number of fused-ring (bicyclic) bond motifs is 1. The van der Waals surface area contributed by atoms with Gasteiger partial charge in [-0.3, -0.25) is 0 Å². The van der Waals surface area contributed by atoms with Crippen LogP contribution in [-0.2, 0) is 17.4 Å². The molecule has 2 aromatic carbocycles. The smallest absolute Gasteiger partial charge is 0.279 e. The average Bonchev–Trinajstić information content (AvgIpc) is 3.10. The molecule has 1 aliphatic heterocycles. The Morgan fingerprint density at radius 1 is 1.18 bits per heavy atom. The minimum atomic E-state index is -0.914. The van der Waals surface area contributed by atoms with Crippen molar-refractivity contribution < 1.29 is 8.95 Å². The number of nitrogens with zero attached hydrogens (tertiary/aromatic N) is 2. The summed E-state index contributed by atoms with van der Waals surface area (Å²) < 4.78 is 21.5. The topological polar surface area (TPSA) is 54.5 Å². The van der Waals surface area contributed by atoms with Crippen LogP contribution < -0.4 is 9.46 Å². The number of para-hydroxylation sites is 1. The van der Waals surface area contributed by atoms with Crippen LogP contribution in [0.3, 0.4) is 0 Å². The van der Waals surface area contributed by atoms with E-state index in [1.807, 2.05) is 30.3 Å². The zero-order valence-electron chi connectivity index (χ0n) is 16.0. The Hall–Kier alpha value is -1.80. The van der Waals surface area contributed by atoms with Crippen LogP contribution in [0, 0.1) is 0 Å². The minimum absolute atomic E-state index is 0.390. The molecule has 0 aliphatic carbocycles. The number of hydrogen-bond acceptors (Lipinski definition) is 5. The number of benzene rings is 2. The number of rotatable bonds is 7. The van der Waals surface area contributed by atoms with Crippen molar-refractivity contribution in [1.29, 1.82) is 0 Å². The maximum Gasteiger partial charge on any atom is 0.279 e. The highest BCUT2D eigenvalue weighted by atomic mass is 32.2. The van der Waals surface area contributed by atoms with E-state index < -0.39 is 11.0 Å².